The molecule has 0 bridgehead atoms. The fourth-order valence-corrected chi connectivity index (χ4v) is 1.91. The smallest absolute Gasteiger partial charge is 0.313 e. The summed E-state index contributed by atoms with van der Waals surface area (Å²) in [6.45, 7) is 0.453. The first-order valence-electron chi connectivity index (χ1n) is 6.25. The molecule has 0 unspecified atom stereocenters. The molecule has 2 aromatic rings. The molecule has 1 N–H and O–H groups in total. The summed E-state index contributed by atoms with van der Waals surface area (Å²) in [5.41, 5.74) is 0.637. The maximum Gasteiger partial charge on any atom is 0.313 e. The van der Waals surface area contributed by atoms with Gasteiger partial charge in [-0.15, -0.1) is 0 Å². The number of benzene rings is 1. The van der Waals surface area contributed by atoms with Crippen LogP contribution in [0, 0.1) is 15.9 Å². The maximum absolute atomic E-state index is 13.8. The van der Waals surface area contributed by atoms with Gasteiger partial charge in [-0.05, 0) is 6.07 Å². The lowest BCUT2D eigenvalue weighted by atomic mass is 10.2. The number of anilines is 1. The van der Waals surface area contributed by atoms with Crippen LogP contribution >= 0.6 is 0 Å². The standard InChI is InChI=1S/C13H15FN4O3/c1-17-6-4-9(16-17)3-5-15-11-8-13(21-2)12(18(19)20)7-10(11)14/h4,6-8,15H,3,5H2,1-2H3. The second-order valence-electron chi connectivity index (χ2n) is 4.42. The van der Waals surface area contributed by atoms with Gasteiger partial charge < -0.3 is 10.1 Å². The van der Waals surface area contributed by atoms with Crippen molar-refractivity contribution in [3.8, 4) is 5.75 Å². The number of halogens is 1. The van der Waals surface area contributed by atoms with Crippen LogP contribution in [0.4, 0.5) is 15.8 Å². The van der Waals surface area contributed by atoms with Gasteiger partial charge in [0, 0.05) is 32.3 Å². The molecule has 0 amide bonds. The predicted octanol–water partition coefficient (Wildman–Crippen LogP) is 2.13. The van der Waals surface area contributed by atoms with Crippen LogP contribution in [-0.4, -0.2) is 28.4 Å². The molecule has 0 fully saturated rings. The zero-order valence-corrected chi connectivity index (χ0v) is 11.7. The predicted molar refractivity (Wildman–Crippen MR) is 75.0 cm³/mol. The highest BCUT2D eigenvalue weighted by atomic mass is 19.1. The number of nitrogens with one attached hydrogen (secondary N) is 1. The van der Waals surface area contributed by atoms with Gasteiger partial charge in [-0.3, -0.25) is 14.8 Å². The lowest BCUT2D eigenvalue weighted by Gasteiger charge is -2.09. The molecule has 0 saturated heterocycles. The Balaban J connectivity index is 2.07. The Morgan fingerprint density at radius 3 is 2.86 bits per heavy atom. The maximum atomic E-state index is 13.8. The van der Waals surface area contributed by atoms with Crippen LogP contribution in [0.15, 0.2) is 24.4 Å². The molecule has 0 spiro atoms. The van der Waals surface area contributed by atoms with E-state index >= 15 is 0 Å². The van der Waals surface area contributed by atoms with Crippen LogP contribution in [0.1, 0.15) is 5.69 Å². The van der Waals surface area contributed by atoms with Gasteiger partial charge in [0.15, 0.2) is 11.6 Å². The van der Waals surface area contributed by atoms with Gasteiger partial charge in [-0.2, -0.15) is 5.10 Å². The number of hydrogen-bond acceptors (Lipinski definition) is 5. The summed E-state index contributed by atoms with van der Waals surface area (Å²) < 4.78 is 20.4. The number of nitrogens with zero attached hydrogens (tertiary/aromatic N) is 3. The fourth-order valence-electron chi connectivity index (χ4n) is 1.91. The number of aryl methyl sites for hydroxylation is 1. The Morgan fingerprint density at radius 2 is 2.29 bits per heavy atom. The molecule has 1 heterocycles. The van der Waals surface area contributed by atoms with Crippen molar-refractivity contribution >= 4 is 11.4 Å². The minimum Gasteiger partial charge on any atom is -0.490 e. The van der Waals surface area contributed by atoms with E-state index in [1.54, 1.807) is 4.68 Å². The number of rotatable bonds is 6. The molecule has 7 nitrogen and oxygen atoms in total. The normalized spacial score (nSPS) is 10.4. The van der Waals surface area contributed by atoms with Gasteiger partial charge in [0.2, 0.25) is 0 Å². The molecule has 0 saturated carbocycles. The van der Waals surface area contributed by atoms with E-state index in [1.807, 2.05) is 19.3 Å². The molecular formula is C13H15FN4O3. The van der Waals surface area contributed by atoms with E-state index in [0.29, 0.717) is 13.0 Å². The van der Waals surface area contributed by atoms with E-state index in [-0.39, 0.29) is 11.4 Å². The second kappa shape index (κ2) is 6.21. The molecule has 21 heavy (non-hydrogen) atoms. The topological polar surface area (TPSA) is 82.2 Å². The molecule has 112 valence electrons. The number of aromatic nitrogens is 2. The first-order valence-corrected chi connectivity index (χ1v) is 6.25. The molecule has 0 aliphatic carbocycles. The van der Waals surface area contributed by atoms with Crippen LogP contribution in [0.3, 0.4) is 0 Å². The molecule has 8 heteroatoms. The Kier molecular flexibility index (Phi) is 4.36. The lowest BCUT2D eigenvalue weighted by Crippen LogP contribution is -2.08. The fraction of sp³-hybridized carbons (Fsp3) is 0.308. The largest absolute Gasteiger partial charge is 0.490 e. The van der Waals surface area contributed by atoms with Crippen LogP contribution in [0.5, 0.6) is 5.75 Å². The van der Waals surface area contributed by atoms with E-state index < -0.39 is 16.4 Å². The van der Waals surface area contributed by atoms with Gasteiger partial charge in [0.1, 0.15) is 0 Å². The van der Waals surface area contributed by atoms with Crippen LogP contribution in [0.25, 0.3) is 0 Å². The van der Waals surface area contributed by atoms with Crippen LogP contribution < -0.4 is 10.1 Å². The molecule has 0 atom stereocenters. The molecule has 0 radical (unpaired) electrons. The average Bonchev–Trinajstić information content (AvgIpc) is 2.85. The number of hydrogen-bond donors (Lipinski definition) is 1. The van der Waals surface area contributed by atoms with Crippen molar-refractivity contribution in [1.29, 1.82) is 0 Å². The second-order valence-corrected chi connectivity index (χ2v) is 4.42. The zero-order chi connectivity index (χ0) is 15.4. The molecule has 2 rings (SSSR count). The van der Waals surface area contributed by atoms with E-state index in [1.165, 1.54) is 13.2 Å². The summed E-state index contributed by atoms with van der Waals surface area (Å²) in [6.07, 6.45) is 2.43. The Hall–Kier alpha value is -2.64. The minimum absolute atomic E-state index is 0.0155. The third kappa shape index (κ3) is 3.47. The highest BCUT2D eigenvalue weighted by Crippen LogP contribution is 2.32. The minimum atomic E-state index is -0.691. The van der Waals surface area contributed by atoms with Crippen molar-refractivity contribution in [1.82, 2.24) is 9.78 Å². The first-order chi connectivity index (χ1) is 10.0. The summed E-state index contributed by atoms with van der Waals surface area (Å²) in [6, 6.07) is 4.00. The SMILES string of the molecule is COc1cc(NCCc2ccn(C)n2)c(F)cc1[N+](=O)[O-]. The highest BCUT2D eigenvalue weighted by molar-refractivity contribution is 5.59. The van der Waals surface area contributed by atoms with Crippen molar-refractivity contribution < 1.29 is 14.1 Å². The summed E-state index contributed by atoms with van der Waals surface area (Å²) in [7, 11) is 3.12. The number of nitro groups is 1. The highest BCUT2D eigenvalue weighted by Gasteiger charge is 2.19. The third-order valence-electron chi connectivity index (χ3n) is 2.93. The van der Waals surface area contributed by atoms with Gasteiger partial charge in [0.25, 0.3) is 0 Å². The van der Waals surface area contributed by atoms with Crippen LogP contribution in [-0.2, 0) is 13.5 Å². The van der Waals surface area contributed by atoms with Crippen molar-refractivity contribution in [3.63, 3.8) is 0 Å². The monoisotopic (exact) mass is 294 g/mol. The zero-order valence-electron chi connectivity index (χ0n) is 11.7. The quantitative estimate of drug-likeness (QED) is 0.652. The van der Waals surface area contributed by atoms with Gasteiger partial charge in [-0.1, -0.05) is 0 Å². The van der Waals surface area contributed by atoms with Crippen molar-refractivity contribution in [2.24, 2.45) is 7.05 Å². The summed E-state index contributed by atoms with van der Waals surface area (Å²) >= 11 is 0. The number of nitro benzene ring substituents is 1. The van der Waals surface area contributed by atoms with E-state index in [0.717, 1.165) is 11.8 Å². The lowest BCUT2D eigenvalue weighted by molar-refractivity contribution is -0.385. The van der Waals surface area contributed by atoms with E-state index in [9.17, 15) is 14.5 Å². The third-order valence-corrected chi connectivity index (χ3v) is 2.93. The molecular weight excluding hydrogens is 279 g/mol. The first kappa shape index (κ1) is 14.8. The number of methoxy groups -OCH3 is 1. The number of ether oxygens (including phenoxy) is 1. The van der Waals surface area contributed by atoms with Crippen LogP contribution in [0.2, 0.25) is 0 Å². The molecule has 0 aliphatic heterocycles. The molecule has 0 aliphatic rings. The van der Waals surface area contributed by atoms with Crippen molar-refractivity contribution in [2.45, 2.75) is 6.42 Å². The average molecular weight is 294 g/mol. The van der Waals surface area contributed by atoms with Gasteiger partial charge in [-0.25, -0.2) is 4.39 Å². The van der Waals surface area contributed by atoms with Crippen molar-refractivity contribution in [3.05, 3.63) is 46.0 Å². The van der Waals surface area contributed by atoms with E-state index in [2.05, 4.69) is 10.4 Å². The van der Waals surface area contributed by atoms with Crippen molar-refractivity contribution in [2.75, 3.05) is 19.0 Å². The summed E-state index contributed by atoms with van der Waals surface area (Å²) in [5.74, 6) is -0.676. The van der Waals surface area contributed by atoms with E-state index in [4.69, 9.17) is 4.74 Å². The molecule has 1 aromatic heterocycles. The van der Waals surface area contributed by atoms with Gasteiger partial charge in [0.05, 0.1) is 29.5 Å². The Morgan fingerprint density at radius 1 is 1.52 bits per heavy atom. The summed E-state index contributed by atoms with van der Waals surface area (Å²) in [5, 5.41) is 17.9. The van der Waals surface area contributed by atoms with Gasteiger partial charge >= 0.3 is 5.69 Å². The molecule has 1 aromatic carbocycles. The Bertz CT molecular complexity index is 657. The summed E-state index contributed by atoms with van der Waals surface area (Å²) in [4.78, 5) is 10.1. The Labute approximate surface area is 120 Å².